The highest BCUT2D eigenvalue weighted by Crippen LogP contribution is 2.22. The van der Waals surface area contributed by atoms with E-state index in [0.717, 1.165) is 50.1 Å². The molecule has 2 aromatic rings. The van der Waals surface area contributed by atoms with E-state index in [1.807, 2.05) is 24.3 Å². The second-order valence-corrected chi connectivity index (χ2v) is 9.10. The lowest BCUT2D eigenvalue weighted by Crippen LogP contribution is -2.48. The molecule has 2 aliphatic rings. The number of hydrogen-bond donors (Lipinski definition) is 4. The number of carbonyl (C=O) groups is 1. The zero-order chi connectivity index (χ0) is 23.4. The number of amides is 2. The van der Waals surface area contributed by atoms with Crippen molar-refractivity contribution < 1.29 is 4.79 Å². The first-order valence-corrected chi connectivity index (χ1v) is 11.6. The van der Waals surface area contributed by atoms with Crippen LogP contribution >= 0.6 is 0 Å². The number of rotatable bonds is 5. The summed E-state index contributed by atoms with van der Waals surface area (Å²) < 4.78 is 1.47. The number of hydrogen-bond acceptors (Lipinski definition) is 7. The number of anilines is 1. The summed E-state index contributed by atoms with van der Waals surface area (Å²) in [6.07, 6.45) is 4.44. The monoisotopic (exact) mass is 454 g/mol. The van der Waals surface area contributed by atoms with Gasteiger partial charge in [-0.1, -0.05) is 12.1 Å². The molecule has 2 amide bonds. The molecular formula is C23H34N8O2. The molecule has 2 heterocycles. The van der Waals surface area contributed by atoms with Crippen LogP contribution in [0.25, 0.3) is 5.69 Å². The first kappa shape index (κ1) is 23.4. The summed E-state index contributed by atoms with van der Waals surface area (Å²) in [5.41, 5.74) is 13.7. The summed E-state index contributed by atoms with van der Waals surface area (Å²) in [5.74, 6) is 0.252. The fourth-order valence-corrected chi connectivity index (χ4v) is 4.64. The van der Waals surface area contributed by atoms with Gasteiger partial charge < -0.3 is 21.7 Å². The van der Waals surface area contributed by atoms with Crippen molar-refractivity contribution in [2.24, 2.45) is 11.5 Å². The Balaban J connectivity index is 1.38. The van der Waals surface area contributed by atoms with Crippen molar-refractivity contribution in [3.05, 3.63) is 52.6 Å². The normalized spacial score (nSPS) is 23.5. The minimum atomic E-state index is -0.442. The molecule has 1 saturated carbocycles. The highest BCUT2D eigenvalue weighted by Gasteiger charge is 2.27. The van der Waals surface area contributed by atoms with Crippen molar-refractivity contribution in [3.8, 4) is 5.69 Å². The van der Waals surface area contributed by atoms with Gasteiger partial charge in [0.15, 0.2) is 0 Å². The molecule has 178 valence electrons. The smallest absolute Gasteiger partial charge is 0.328 e. The summed E-state index contributed by atoms with van der Waals surface area (Å²) in [6, 6.07) is 9.93. The maximum Gasteiger partial charge on any atom is 0.354 e. The minimum absolute atomic E-state index is 0.160. The van der Waals surface area contributed by atoms with Crippen LogP contribution in [-0.4, -0.2) is 76.7 Å². The van der Waals surface area contributed by atoms with Crippen LogP contribution in [-0.2, 0) is 6.54 Å². The van der Waals surface area contributed by atoms with E-state index in [9.17, 15) is 9.59 Å². The van der Waals surface area contributed by atoms with Gasteiger partial charge in [0.2, 0.25) is 0 Å². The molecule has 1 aliphatic carbocycles. The third-order valence-corrected chi connectivity index (χ3v) is 6.47. The SMILES string of the molecule is CN(Cc1ccc(-n2ccc(NC(=O)N3CCNCC3)nc2=O)cc1)C1CC(N)CC(N)C1. The van der Waals surface area contributed by atoms with Gasteiger partial charge in [-0.2, -0.15) is 4.98 Å². The second-order valence-electron chi connectivity index (χ2n) is 9.10. The molecule has 0 spiro atoms. The number of benzene rings is 1. The Hall–Kier alpha value is -2.79. The minimum Gasteiger partial charge on any atom is -0.328 e. The highest BCUT2D eigenvalue weighted by molar-refractivity contribution is 5.88. The number of nitrogens with two attached hydrogens (primary N) is 2. The molecule has 1 saturated heterocycles. The van der Waals surface area contributed by atoms with Crippen molar-refractivity contribution in [1.29, 1.82) is 0 Å². The molecule has 1 aromatic carbocycles. The van der Waals surface area contributed by atoms with Gasteiger partial charge in [0.25, 0.3) is 0 Å². The van der Waals surface area contributed by atoms with Gasteiger partial charge >= 0.3 is 11.7 Å². The van der Waals surface area contributed by atoms with Gasteiger partial charge in [0.1, 0.15) is 5.82 Å². The van der Waals surface area contributed by atoms with E-state index in [2.05, 4.69) is 27.6 Å². The first-order chi connectivity index (χ1) is 15.9. The Morgan fingerprint density at radius 3 is 2.42 bits per heavy atom. The van der Waals surface area contributed by atoms with E-state index in [1.165, 1.54) is 4.57 Å². The molecule has 4 rings (SSSR count). The van der Waals surface area contributed by atoms with Crippen LogP contribution in [0, 0.1) is 0 Å². The summed E-state index contributed by atoms with van der Waals surface area (Å²) in [4.78, 5) is 32.9. The predicted octanol–water partition coefficient (Wildman–Crippen LogP) is 0.309. The topological polar surface area (TPSA) is 135 Å². The molecule has 1 aromatic heterocycles. The number of piperazine rings is 1. The number of urea groups is 1. The third kappa shape index (κ3) is 5.97. The number of nitrogens with zero attached hydrogens (tertiary/aromatic N) is 4. The Kier molecular flexibility index (Phi) is 7.39. The van der Waals surface area contributed by atoms with E-state index in [0.29, 0.717) is 19.1 Å². The van der Waals surface area contributed by atoms with Crippen LogP contribution in [0.5, 0.6) is 0 Å². The quantitative estimate of drug-likeness (QED) is 0.511. The third-order valence-electron chi connectivity index (χ3n) is 6.47. The van der Waals surface area contributed by atoms with Gasteiger partial charge in [-0.3, -0.25) is 14.8 Å². The molecule has 2 unspecified atom stereocenters. The van der Waals surface area contributed by atoms with Gasteiger partial charge in [0, 0.05) is 57.0 Å². The number of aromatic nitrogens is 2. The predicted molar refractivity (Wildman–Crippen MR) is 128 cm³/mol. The standard InChI is InChI=1S/C23H34N8O2/c1-29(20-13-17(24)12-18(25)14-20)15-16-2-4-19(5-3-16)31-9-6-21(28-23(31)33)27-22(32)30-10-7-26-8-11-30/h2-6,9,17-18,20,26H,7-8,10-15,24-25H2,1H3,(H,27,28,32,33). The molecule has 10 nitrogen and oxygen atoms in total. The van der Waals surface area contributed by atoms with Crippen molar-refractivity contribution in [1.82, 2.24) is 24.7 Å². The van der Waals surface area contributed by atoms with Crippen LogP contribution in [0.4, 0.5) is 10.6 Å². The lowest BCUT2D eigenvalue weighted by Gasteiger charge is -2.37. The molecule has 2 atom stereocenters. The Morgan fingerprint density at radius 2 is 1.79 bits per heavy atom. The maximum atomic E-state index is 12.6. The molecule has 0 radical (unpaired) electrons. The Labute approximate surface area is 193 Å². The van der Waals surface area contributed by atoms with Crippen LogP contribution in [0.3, 0.4) is 0 Å². The Morgan fingerprint density at radius 1 is 1.12 bits per heavy atom. The fraction of sp³-hybridized carbons (Fsp3) is 0.522. The van der Waals surface area contributed by atoms with Crippen LogP contribution in [0.15, 0.2) is 41.3 Å². The van der Waals surface area contributed by atoms with E-state index >= 15 is 0 Å². The summed E-state index contributed by atoms with van der Waals surface area (Å²) >= 11 is 0. The molecular weight excluding hydrogens is 420 g/mol. The zero-order valence-electron chi connectivity index (χ0n) is 19.1. The van der Waals surface area contributed by atoms with Crippen molar-refractivity contribution in [2.45, 2.75) is 43.9 Å². The molecule has 2 fully saturated rings. The van der Waals surface area contributed by atoms with Crippen molar-refractivity contribution >= 4 is 11.8 Å². The molecule has 6 N–H and O–H groups in total. The average molecular weight is 455 g/mol. The zero-order valence-corrected chi connectivity index (χ0v) is 19.1. The Bertz CT molecular complexity index is 992. The molecule has 0 bridgehead atoms. The fourth-order valence-electron chi connectivity index (χ4n) is 4.64. The summed E-state index contributed by atoms with van der Waals surface area (Å²) in [7, 11) is 2.10. The van der Waals surface area contributed by atoms with Gasteiger partial charge in [-0.25, -0.2) is 9.59 Å². The molecule has 33 heavy (non-hydrogen) atoms. The van der Waals surface area contributed by atoms with Gasteiger partial charge in [-0.05, 0) is 50.1 Å². The first-order valence-electron chi connectivity index (χ1n) is 11.6. The van der Waals surface area contributed by atoms with Gasteiger partial charge in [0.05, 0.1) is 5.69 Å². The van der Waals surface area contributed by atoms with Crippen LogP contribution in [0.2, 0.25) is 0 Å². The summed E-state index contributed by atoms with van der Waals surface area (Å²) in [5, 5.41) is 5.91. The van der Waals surface area contributed by atoms with E-state index in [4.69, 9.17) is 11.5 Å². The lowest BCUT2D eigenvalue weighted by molar-refractivity contribution is 0.162. The molecule has 10 heteroatoms. The number of carbonyl (C=O) groups excluding carboxylic acids is 1. The molecule has 1 aliphatic heterocycles. The van der Waals surface area contributed by atoms with Crippen LogP contribution in [0.1, 0.15) is 24.8 Å². The largest absolute Gasteiger partial charge is 0.354 e. The maximum absolute atomic E-state index is 12.6. The number of nitrogens with one attached hydrogen (secondary N) is 2. The highest BCUT2D eigenvalue weighted by atomic mass is 16.2. The summed E-state index contributed by atoms with van der Waals surface area (Å²) in [6.45, 7) is 3.57. The van der Waals surface area contributed by atoms with Gasteiger partial charge in [-0.15, -0.1) is 0 Å². The van der Waals surface area contributed by atoms with Crippen LogP contribution < -0.4 is 27.8 Å². The van der Waals surface area contributed by atoms with E-state index < -0.39 is 5.69 Å². The van der Waals surface area contributed by atoms with E-state index in [-0.39, 0.29) is 23.9 Å². The lowest BCUT2D eigenvalue weighted by atomic mass is 9.87. The van der Waals surface area contributed by atoms with Crippen molar-refractivity contribution in [3.63, 3.8) is 0 Å². The second kappa shape index (κ2) is 10.4. The van der Waals surface area contributed by atoms with Crippen molar-refractivity contribution in [2.75, 3.05) is 38.5 Å². The average Bonchev–Trinajstić information content (AvgIpc) is 2.80. The van der Waals surface area contributed by atoms with E-state index in [1.54, 1.807) is 17.2 Å².